The summed E-state index contributed by atoms with van der Waals surface area (Å²) in [6.07, 6.45) is 6.08. The van der Waals surface area contributed by atoms with Crippen LogP contribution in [0.2, 0.25) is 0 Å². The second kappa shape index (κ2) is 11.6. The maximum absolute atomic E-state index is 15.5. The highest BCUT2D eigenvalue weighted by Gasteiger charge is 2.21. The Morgan fingerprint density at radius 1 is 1.00 bits per heavy atom. The maximum Gasteiger partial charge on any atom is 0.153 e. The monoisotopic (exact) mass is 602 g/mol. The van der Waals surface area contributed by atoms with Gasteiger partial charge in [-0.3, -0.25) is 9.97 Å². The molecular formula is C31H28F2N6O3S. The van der Waals surface area contributed by atoms with Crippen LogP contribution in [0.5, 0.6) is 0 Å². The van der Waals surface area contributed by atoms with Gasteiger partial charge in [-0.05, 0) is 25.1 Å². The van der Waals surface area contributed by atoms with Crippen molar-refractivity contribution >= 4 is 37.9 Å². The van der Waals surface area contributed by atoms with E-state index in [1.165, 1.54) is 6.07 Å². The van der Waals surface area contributed by atoms with Crippen molar-refractivity contribution in [2.45, 2.75) is 12.7 Å². The molecule has 0 unspecified atom stereocenters. The Morgan fingerprint density at radius 3 is 2.51 bits per heavy atom. The van der Waals surface area contributed by atoms with Gasteiger partial charge in [-0.2, -0.15) is 0 Å². The number of sulfone groups is 1. The molecule has 1 aliphatic rings. The fourth-order valence-electron chi connectivity index (χ4n) is 5.13. The molecule has 1 saturated heterocycles. The second-order valence-electron chi connectivity index (χ2n) is 10.4. The number of halogens is 2. The first kappa shape index (κ1) is 28.6. The predicted octanol–water partition coefficient (Wildman–Crippen LogP) is 5.47. The third kappa shape index (κ3) is 6.15. The molecule has 5 heterocycles. The van der Waals surface area contributed by atoms with Crippen molar-refractivity contribution in [1.82, 2.24) is 19.9 Å². The molecule has 9 nitrogen and oxygen atoms in total. The van der Waals surface area contributed by atoms with Crippen LogP contribution in [0.25, 0.3) is 33.4 Å². The lowest BCUT2D eigenvalue weighted by molar-refractivity contribution is 0.122. The van der Waals surface area contributed by atoms with Gasteiger partial charge in [0.15, 0.2) is 9.84 Å². The van der Waals surface area contributed by atoms with E-state index in [9.17, 15) is 12.8 Å². The third-order valence-electron chi connectivity index (χ3n) is 7.18. The van der Waals surface area contributed by atoms with Crippen molar-refractivity contribution in [3.8, 4) is 22.5 Å². The lowest BCUT2D eigenvalue weighted by Crippen LogP contribution is -2.36. The number of hydrogen-bond acceptors (Lipinski definition) is 9. The lowest BCUT2D eigenvalue weighted by atomic mass is 10.0. The van der Waals surface area contributed by atoms with Crippen LogP contribution in [0.15, 0.2) is 67.1 Å². The Hall–Kier alpha value is -4.55. The van der Waals surface area contributed by atoms with Crippen LogP contribution in [-0.2, 0) is 20.3 Å². The molecule has 1 N–H and O–H groups in total. The standard InChI is InChI=1S/C31H28F2N6O3S/c1-19-30(25-5-3-4-8-34-25)38-27-14-21(32)13-24(33)29(27)31(19)37-26-15-28(39-9-11-42-12-10-39)36-17-23(26)20-6-7-22(35-16-20)18-43(2,40)41/h3-8,13-17H,9-12,18H2,1-2H3,(H,36,37,38). The van der Waals surface area contributed by atoms with Crippen molar-refractivity contribution in [1.29, 1.82) is 0 Å². The molecule has 0 atom stereocenters. The molecule has 1 fully saturated rings. The van der Waals surface area contributed by atoms with E-state index in [2.05, 4.69) is 25.2 Å². The number of hydrogen-bond donors (Lipinski definition) is 1. The summed E-state index contributed by atoms with van der Waals surface area (Å²) in [5, 5.41) is 3.57. The van der Waals surface area contributed by atoms with E-state index in [4.69, 9.17) is 9.72 Å². The van der Waals surface area contributed by atoms with Crippen molar-refractivity contribution in [2.24, 2.45) is 0 Å². The Morgan fingerprint density at radius 2 is 1.81 bits per heavy atom. The van der Waals surface area contributed by atoms with Crippen molar-refractivity contribution in [3.63, 3.8) is 0 Å². The Labute approximate surface area is 247 Å². The first-order valence-electron chi connectivity index (χ1n) is 13.6. The van der Waals surface area contributed by atoms with E-state index in [0.717, 1.165) is 12.3 Å². The number of rotatable bonds is 7. The van der Waals surface area contributed by atoms with Gasteiger partial charge in [-0.25, -0.2) is 27.2 Å². The number of pyridine rings is 4. The number of anilines is 3. The summed E-state index contributed by atoms with van der Waals surface area (Å²) in [5.41, 5.74) is 4.55. The second-order valence-corrected chi connectivity index (χ2v) is 12.5. The molecule has 43 heavy (non-hydrogen) atoms. The lowest BCUT2D eigenvalue weighted by Gasteiger charge is -2.28. The summed E-state index contributed by atoms with van der Waals surface area (Å²) in [4.78, 5) is 20.2. The molecular weight excluding hydrogens is 574 g/mol. The zero-order valence-electron chi connectivity index (χ0n) is 23.5. The van der Waals surface area contributed by atoms with Crippen LogP contribution < -0.4 is 10.2 Å². The molecule has 0 spiro atoms. The van der Waals surface area contributed by atoms with Gasteiger partial charge in [0.05, 0.1) is 58.3 Å². The van der Waals surface area contributed by atoms with Crippen molar-refractivity contribution < 1.29 is 21.9 Å². The van der Waals surface area contributed by atoms with Gasteiger partial charge >= 0.3 is 0 Å². The third-order valence-corrected chi connectivity index (χ3v) is 8.00. The number of nitrogens with zero attached hydrogens (tertiary/aromatic N) is 5. The van der Waals surface area contributed by atoms with Gasteiger partial charge in [0.2, 0.25) is 0 Å². The summed E-state index contributed by atoms with van der Waals surface area (Å²) in [6.45, 7) is 4.25. The predicted molar refractivity (Wildman–Crippen MR) is 162 cm³/mol. The summed E-state index contributed by atoms with van der Waals surface area (Å²) < 4.78 is 58.9. The normalized spacial score (nSPS) is 13.8. The molecule has 12 heteroatoms. The number of fused-ring (bicyclic) bond motifs is 1. The maximum atomic E-state index is 15.5. The quantitative estimate of drug-likeness (QED) is 0.260. The van der Waals surface area contributed by atoms with Crippen LogP contribution in [0.4, 0.5) is 26.0 Å². The largest absolute Gasteiger partial charge is 0.378 e. The van der Waals surface area contributed by atoms with Gasteiger partial charge in [0.1, 0.15) is 17.5 Å². The number of aromatic nitrogens is 4. The molecule has 220 valence electrons. The fourth-order valence-corrected chi connectivity index (χ4v) is 5.84. The molecule has 0 bridgehead atoms. The Kier molecular flexibility index (Phi) is 7.72. The van der Waals surface area contributed by atoms with Crippen molar-refractivity contribution in [2.75, 3.05) is 42.8 Å². The van der Waals surface area contributed by atoms with Crippen LogP contribution >= 0.6 is 0 Å². The average Bonchev–Trinajstić information content (AvgIpc) is 2.99. The van der Waals surface area contributed by atoms with E-state index >= 15 is 4.39 Å². The molecule has 6 rings (SSSR count). The average molecular weight is 603 g/mol. The zero-order valence-corrected chi connectivity index (χ0v) is 24.3. The number of ether oxygens (including phenoxy) is 1. The number of nitrogens with one attached hydrogen (secondary N) is 1. The molecule has 1 aromatic carbocycles. The highest BCUT2D eigenvalue weighted by atomic mass is 32.2. The smallest absolute Gasteiger partial charge is 0.153 e. The minimum Gasteiger partial charge on any atom is -0.378 e. The first-order chi connectivity index (χ1) is 20.7. The molecule has 0 amide bonds. The number of benzene rings is 1. The molecule has 0 saturated carbocycles. The topological polar surface area (TPSA) is 110 Å². The molecule has 4 aromatic heterocycles. The van der Waals surface area contributed by atoms with Gasteiger partial charge in [0.25, 0.3) is 0 Å². The van der Waals surface area contributed by atoms with Crippen LogP contribution in [0.1, 0.15) is 11.3 Å². The van der Waals surface area contributed by atoms with E-state index in [-0.39, 0.29) is 16.7 Å². The highest BCUT2D eigenvalue weighted by Crippen LogP contribution is 2.39. The van der Waals surface area contributed by atoms with Crippen LogP contribution in [0, 0.1) is 18.6 Å². The summed E-state index contributed by atoms with van der Waals surface area (Å²) >= 11 is 0. The van der Waals surface area contributed by atoms with Crippen LogP contribution in [0.3, 0.4) is 0 Å². The summed E-state index contributed by atoms with van der Waals surface area (Å²) in [5.74, 6) is -0.972. The zero-order chi connectivity index (χ0) is 30.1. The Bertz CT molecular complexity index is 1920. The van der Waals surface area contributed by atoms with Gasteiger partial charge < -0.3 is 15.0 Å². The van der Waals surface area contributed by atoms with Crippen molar-refractivity contribution in [3.05, 3.63) is 90.0 Å². The molecule has 0 aliphatic carbocycles. The fraction of sp³-hybridized carbons (Fsp3) is 0.226. The summed E-state index contributed by atoms with van der Waals surface area (Å²) in [7, 11) is -3.26. The van der Waals surface area contributed by atoms with Gasteiger partial charge in [-0.15, -0.1) is 0 Å². The molecule has 5 aromatic rings. The molecule has 0 radical (unpaired) electrons. The SMILES string of the molecule is Cc1c(-c2ccccn2)nc2cc(F)cc(F)c2c1Nc1cc(N2CCOCC2)ncc1-c1ccc(CS(C)(=O)=O)nc1. The van der Waals surface area contributed by atoms with E-state index in [1.807, 2.05) is 19.1 Å². The minimum absolute atomic E-state index is 0.135. The Balaban J connectivity index is 1.52. The summed E-state index contributed by atoms with van der Waals surface area (Å²) in [6, 6.07) is 12.7. The van der Waals surface area contributed by atoms with E-state index < -0.39 is 21.5 Å². The van der Waals surface area contributed by atoms with E-state index in [0.29, 0.717) is 77.3 Å². The number of morpholine rings is 1. The van der Waals surface area contributed by atoms with E-state index in [1.54, 1.807) is 42.9 Å². The minimum atomic E-state index is -3.26. The highest BCUT2D eigenvalue weighted by molar-refractivity contribution is 7.89. The van der Waals surface area contributed by atoms with Gasteiger partial charge in [0, 0.05) is 72.8 Å². The first-order valence-corrected chi connectivity index (χ1v) is 15.7. The van der Waals surface area contributed by atoms with Crippen LogP contribution in [-0.4, -0.2) is 60.9 Å². The van der Waals surface area contributed by atoms with Gasteiger partial charge in [-0.1, -0.05) is 12.1 Å². The molecule has 1 aliphatic heterocycles.